The number of aromatic nitrogens is 1. The lowest BCUT2D eigenvalue weighted by Crippen LogP contribution is -1.86. The number of H-pyrrole nitrogens is 1. The van der Waals surface area contributed by atoms with Crippen LogP contribution in [0.5, 0.6) is 0 Å². The average Bonchev–Trinajstić information content (AvgIpc) is 2.74. The predicted octanol–water partition coefficient (Wildman–Crippen LogP) is 4.32. The normalized spacial score (nSPS) is 9.33. The van der Waals surface area contributed by atoms with Gasteiger partial charge in [0.05, 0.1) is 0 Å². The number of aryl methyl sites for hydroxylation is 2. The Morgan fingerprint density at radius 3 is 1.93 bits per heavy atom. The fourth-order valence-corrected chi connectivity index (χ4v) is 1.73. The number of hydrogen-bond acceptors (Lipinski definition) is 0. The first kappa shape index (κ1) is 11.6. The molecule has 0 aliphatic rings. The van der Waals surface area contributed by atoms with Gasteiger partial charge < -0.3 is 4.98 Å². The first-order valence-electron chi connectivity index (χ1n) is 5.49. The van der Waals surface area contributed by atoms with Gasteiger partial charge in [0.2, 0.25) is 0 Å². The fourth-order valence-electron chi connectivity index (χ4n) is 1.73. The zero-order chi connectivity index (χ0) is 11.3. The van der Waals surface area contributed by atoms with E-state index >= 15 is 0 Å². The summed E-state index contributed by atoms with van der Waals surface area (Å²) in [6.07, 6.45) is 1.96. The van der Waals surface area contributed by atoms with E-state index in [1.165, 1.54) is 22.4 Å². The molecule has 1 N–H and O–H groups in total. The van der Waals surface area contributed by atoms with E-state index in [0.29, 0.717) is 0 Å². The van der Waals surface area contributed by atoms with E-state index in [-0.39, 0.29) is 0 Å². The van der Waals surface area contributed by atoms with Crippen molar-refractivity contribution < 1.29 is 0 Å². The third-order valence-corrected chi connectivity index (χ3v) is 2.35. The van der Waals surface area contributed by atoms with Crippen molar-refractivity contribution in [3.8, 4) is 11.3 Å². The van der Waals surface area contributed by atoms with Crippen LogP contribution in [0.4, 0.5) is 0 Å². The van der Waals surface area contributed by atoms with Gasteiger partial charge in [0, 0.05) is 17.5 Å². The smallest absolute Gasteiger partial charge is 0.0459 e. The molecule has 1 heterocycles. The summed E-state index contributed by atoms with van der Waals surface area (Å²) in [6, 6.07) is 10.5. The van der Waals surface area contributed by atoms with E-state index in [0.717, 1.165) is 0 Å². The summed E-state index contributed by atoms with van der Waals surface area (Å²) in [7, 11) is 0. The molecule has 0 aliphatic carbocycles. The van der Waals surface area contributed by atoms with E-state index in [4.69, 9.17) is 0 Å². The number of aromatic amines is 1. The number of nitrogens with one attached hydrogen (secondary N) is 1. The minimum absolute atomic E-state index is 1.20. The second-order valence-electron chi connectivity index (χ2n) is 3.35. The summed E-state index contributed by atoms with van der Waals surface area (Å²) in [4.78, 5) is 3.24. The van der Waals surface area contributed by atoms with Crippen LogP contribution in [-0.2, 0) is 0 Å². The molecule has 2 aromatic rings. The van der Waals surface area contributed by atoms with Gasteiger partial charge in [0.1, 0.15) is 0 Å². The van der Waals surface area contributed by atoms with Crippen LogP contribution in [0.1, 0.15) is 25.0 Å². The zero-order valence-corrected chi connectivity index (χ0v) is 9.96. The Kier molecular flexibility index (Phi) is 4.17. The van der Waals surface area contributed by atoms with Gasteiger partial charge in [-0.05, 0) is 37.1 Å². The van der Waals surface area contributed by atoms with Gasteiger partial charge in [-0.1, -0.05) is 32.0 Å². The summed E-state index contributed by atoms with van der Waals surface area (Å²) in [5.74, 6) is 0. The van der Waals surface area contributed by atoms with Crippen molar-refractivity contribution in [2.75, 3.05) is 0 Å². The van der Waals surface area contributed by atoms with Crippen molar-refractivity contribution in [3.63, 3.8) is 0 Å². The standard InChI is InChI=1S/C12H13N.C2H6/c1-9-5-3-6-10(2)12(9)11-7-4-8-13-11;1-2/h3-8,13H,1-2H3;1-2H3. The molecule has 1 nitrogen and oxygen atoms in total. The van der Waals surface area contributed by atoms with Crippen LogP contribution in [0.2, 0.25) is 0 Å². The SMILES string of the molecule is CC.Cc1cccc(C)c1-c1ccc[nH]1. The molecule has 0 unspecified atom stereocenters. The summed E-state index contributed by atoms with van der Waals surface area (Å²) in [5.41, 5.74) is 5.17. The molecule has 15 heavy (non-hydrogen) atoms. The molecule has 80 valence electrons. The van der Waals surface area contributed by atoms with E-state index in [9.17, 15) is 0 Å². The van der Waals surface area contributed by atoms with Gasteiger partial charge in [0.25, 0.3) is 0 Å². The minimum Gasteiger partial charge on any atom is -0.361 e. The van der Waals surface area contributed by atoms with E-state index in [2.05, 4.69) is 43.1 Å². The van der Waals surface area contributed by atoms with Gasteiger partial charge in [0.15, 0.2) is 0 Å². The van der Waals surface area contributed by atoms with Crippen molar-refractivity contribution >= 4 is 0 Å². The second kappa shape index (κ2) is 5.40. The summed E-state index contributed by atoms with van der Waals surface area (Å²) >= 11 is 0. The molecule has 0 spiro atoms. The highest BCUT2D eigenvalue weighted by Gasteiger charge is 2.04. The second-order valence-corrected chi connectivity index (χ2v) is 3.35. The monoisotopic (exact) mass is 201 g/mol. The maximum absolute atomic E-state index is 3.24. The molecule has 0 aliphatic heterocycles. The number of hydrogen-bond donors (Lipinski definition) is 1. The fraction of sp³-hybridized carbons (Fsp3) is 0.286. The highest BCUT2D eigenvalue weighted by molar-refractivity contribution is 5.67. The molecule has 1 aromatic heterocycles. The molecule has 0 fully saturated rings. The first-order valence-corrected chi connectivity index (χ1v) is 5.49. The largest absolute Gasteiger partial charge is 0.361 e. The third kappa shape index (κ3) is 2.50. The molecule has 0 saturated carbocycles. The lowest BCUT2D eigenvalue weighted by molar-refractivity contribution is 1.32. The van der Waals surface area contributed by atoms with E-state index < -0.39 is 0 Å². The Morgan fingerprint density at radius 2 is 1.47 bits per heavy atom. The van der Waals surface area contributed by atoms with Gasteiger partial charge >= 0.3 is 0 Å². The molecule has 1 aromatic carbocycles. The van der Waals surface area contributed by atoms with E-state index in [1.54, 1.807) is 0 Å². The first-order chi connectivity index (χ1) is 7.29. The van der Waals surface area contributed by atoms with Crippen LogP contribution in [0, 0.1) is 13.8 Å². The molecule has 0 bridgehead atoms. The Balaban J connectivity index is 0.000000531. The van der Waals surface area contributed by atoms with Crippen LogP contribution in [0.15, 0.2) is 36.5 Å². The highest BCUT2D eigenvalue weighted by Crippen LogP contribution is 2.24. The topological polar surface area (TPSA) is 15.8 Å². The Labute approximate surface area is 92.2 Å². The minimum atomic E-state index is 1.20. The van der Waals surface area contributed by atoms with Crippen LogP contribution in [0.3, 0.4) is 0 Å². The molecular weight excluding hydrogens is 182 g/mol. The quantitative estimate of drug-likeness (QED) is 0.707. The predicted molar refractivity (Wildman–Crippen MR) is 67.1 cm³/mol. The van der Waals surface area contributed by atoms with Crippen molar-refractivity contribution in [2.24, 2.45) is 0 Å². The highest BCUT2D eigenvalue weighted by atomic mass is 14.7. The Bertz CT molecular complexity index is 379. The lowest BCUT2D eigenvalue weighted by Gasteiger charge is -2.06. The number of benzene rings is 1. The Hall–Kier alpha value is -1.50. The molecular formula is C14H19N. The molecule has 0 amide bonds. The number of rotatable bonds is 1. The maximum atomic E-state index is 3.24. The van der Waals surface area contributed by atoms with Crippen LogP contribution in [0.25, 0.3) is 11.3 Å². The maximum Gasteiger partial charge on any atom is 0.0459 e. The van der Waals surface area contributed by atoms with Gasteiger partial charge in [-0.25, -0.2) is 0 Å². The lowest BCUT2D eigenvalue weighted by atomic mass is 10.0. The van der Waals surface area contributed by atoms with Crippen molar-refractivity contribution in [1.82, 2.24) is 4.98 Å². The van der Waals surface area contributed by atoms with Gasteiger partial charge in [-0.3, -0.25) is 0 Å². The molecule has 1 heteroatoms. The van der Waals surface area contributed by atoms with Crippen molar-refractivity contribution in [3.05, 3.63) is 47.7 Å². The van der Waals surface area contributed by atoms with Crippen LogP contribution < -0.4 is 0 Å². The molecule has 0 radical (unpaired) electrons. The zero-order valence-electron chi connectivity index (χ0n) is 9.96. The van der Waals surface area contributed by atoms with Crippen molar-refractivity contribution in [1.29, 1.82) is 0 Å². The van der Waals surface area contributed by atoms with Gasteiger partial charge in [-0.2, -0.15) is 0 Å². The Morgan fingerprint density at radius 1 is 0.867 bits per heavy atom. The summed E-state index contributed by atoms with van der Waals surface area (Å²) < 4.78 is 0. The average molecular weight is 201 g/mol. The van der Waals surface area contributed by atoms with E-state index in [1.807, 2.05) is 26.1 Å². The molecule has 0 saturated heterocycles. The van der Waals surface area contributed by atoms with Crippen LogP contribution in [-0.4, -0.2) is 4.98 Å². The molecule has 2 rings (SSSR count). The van der Waals surface area contributed by atoms with Gasteiger partial charge in [-0.15, -0.1) is 0 Å². The van der Waals surface area contributed by atoms with Crippen LogP contribution >= 0.6 is 0 Å². The van der Waals surface area contributed by atoms with Crippen molar-refractivity contribution in [2.45, 2.75) is 27.7 Å². The third-order valence-electron chi connectivity index (χ3n) is 2.35. The molecule has 0 atom stereocenters. The summed E-state index contributed by atoms with van der Waals surface area (Å²) in [6.45, 7) is 8.28. The summed E-state index contributed by atoms with van der Waals surface area (Å²) in [5, 5.41) is 0.